The lowest BCUT2D eigenvalue weighted by Gasteiger charge is -2.27. The van der Waals surface area contributed by atoms with Gasteiger partial charge in [-0.25, -0.2) is 13.1 Å². The molecule has 200 valence electrons. The van der Waals surface area contributed by atoms with Gasteiger partial charge in [-0.15, -0.1) is 0 Å². The molecule has 0 heterocycles. The molecule has 0 unspecified atom stereocenters. The predicted octanol–water partition coefficient (Wildman–Crippen LogP) is 3.83. The number of amides is 3. The third-order valence-corrected chi connectivity index (χ3v) is 8.70. The Balaban J connectivity index is 1.56. The number of carbonyl (C=O) groups excluding carboxylic acids is 3. The molecule has 0 aromatic heterocycles. The van der Waals surface area contributed by atoms with E-state index in [9.17, 15) is 22.8 Å². The van der Waals surface area contributed by atoms with E-state index in [1.807, 2.05) is 4.72 Å². The number of thiol groups is 1. The van der Waals surface area contributed by atoms with Crippen LogP contribution in [0.25, 0.3) is 11.1 Å². The van der Waals surface area contributed by atoms with E-state index in [4.69, 9.17) is 11.6 Å². The van der Waals surface area contributed by atoms with Crippen molar-refractivity contribution in [3.8, 4) is 11.1 Å². The summed E-state index contributed by atoms with van der Waals surface area (Å²) in [6, 6.07) is 11.2. The van der Waals surface area contributed by atoms with Crippen LogP contribution in [0.5, 0.6) is 0 Å². The van der Waals surface area contributed by atoms with Crippen molar-refractivity contribution in [2.24, 2.45) is 5.92 Å². The zero-order valence-corrected chi connectivity index (χ0v) is 23.1. The maximum absolute atomic E-state index is 12.6. The number of hydrogen-bond acceptors (Lipinski definition) is 6. The van der Waals surface area contributed by atoms with Gasteiger partial charge in [0.2, 0.25) is 17.7 Å². The summed E-state index contributed by atoms with van der Waals surface area (Å²) in [6.45, 7) is 1.71. The highest BCUT2D eigenvalue weighted by molar-refractivity contribution is 7.90. The third kappa shape index (κ3) is 8.48. The molecular formula is C26H32ClN3O5S2. The van der Waals surface area contributed by atoms with Crippen molar-refractivity contribution < 1.29 is 22.8 Å². The SMILES string of the molecule is CC(=O)NS(=O)(=O)c1ccccc1-c1ccc(CNC(=O)CC(=O)NC[C@H](S)C2CCCCC2)cc1Cl. The van der Waals surface area contributed by atoms with Crippen LogP contribution in [0.4, 0.5) is 0 Å². The van der Waals surface area contributed by atoms with Crippen LogP contribution in [-0.4, -0.2) is 37.9 Å². The van der Waals surface area contributed by atoms with Crippen LogP contribution in [0.3, 0.4) is 0 Å². The first-order valence-corrected chi connectivity index (χ1v) is 14.6. The van der Waals surface area contributed by atoms with Crippen LogP contribution in [0.2, 0.25) is 5.02 Å². The van der Waals surface area contributed by atoms with E-state index < -0.39 is 21.8 Å². The topological polar surface area (TPSA) is 121 Å². The Morgan fingerprint density at radius 1 is 1.00 bits per heavy atom. The summed E-state index contributed by atoms with van der Waals surface area (Å²) >= 11 is 11.1. The van der Waals surface area contributed by atoms with E-state index in [0.717, 1.165) is 19.8 Å². The second-order valence-electron chi connectivity index (χ2n) is 9.20. The van der Waals surface area contributed by atoms with Crippen LogP contribution in [0.15, 0.2) is 47.4 Å². The fourth-order valence-electron chi connectivity index (χ4n) is 4.43. The minimum absolute atomic E-state index is 0.0777. The molecule has 0 bridgehead atoms. The Morgan fingerprint density at radius 3 is 2.35 bits per heavy atom. The summed E-state index contributed by atoms with van der Waals surface area (Å²) in [5.74, 6) is -0.970. The largest absolute Gasteiger partial charge is 0.355 e. The van der Waals surface area contributed by atoms with Gasteiger partial charge in [0.1, 0.15) is 6.42 Å². The lowest BCUT2D eigenvalue weighted by Crippen LogP contribution is -2.37. The smallest absolute Gasteiger partial charge is 0.264 e. The first kappa shape index (κ1) is 29.0. The molecule has 0 saturated heterocycles. The Kier molecular flexibility index (Phi) is 10.4. The van der Waals surface area contributed by atoms with Crippen molar-refractivity contribution in [2.75, 3.05) is 6.54 Å². The van der Waals surface area contributed by atoms with Gasteiger partial charge in [0.15, 0.2) is 0 Å². The van der Waals surface area contributed by atoms with Gasteiger partial charge in [-0.2, -0.15) is 12.6 Å². The number of hydrogen-bond donors (Lipinski definition) is 4. The van der Waals surface area contributed by atoms with Gasteiger partial charge in [0, 0.05) is 41.4 Å². The molecule has 8 nitrogen and oxygen atoms in total. The van der Waals surface area contributed by atoms with E-state index in [2.05, 4.69) is 23.3 Å². The van der Waals surface area contributed by atoms with Crippen molar-refractivity contribution in [3.63, 3.8) is 0 Å². The van der Waals surface area contributed by atoms with Crippen LogP contribution >= 0.6 is 24.2 Å². The average molecular weight is 566 g/mol. The highest BCUT2D eigenvalue weighted by atomic mass is 35.5. The Labute approximate surface area is 228 Å². The molecule has 1 aliphatic carbocycles. The first-order chi connectivity index (χ1) is 17.6. The number of benzene rings is 2. The Morgan fingerprint density at radius 2 is 1.68 bits per heavy atom. The molecule has 1 fully saturated rings. The summed E-state index contributed by atoms with van der Waals surface area (Å²) in [5, 5.41) is 5.87. The molecule has 2 aromatic rings. The second kappa shape index (κ2) is 13.3. The summed E-state index contributed by atoms with van der Waals surface area (Å²) in [5.41, 5.74) is 1.47. The molecule has 2 aromatic carbocycles. The Hall–Kier alpha value is -2.56. The Bertz CT molecular complexity index is 1250. The number of nitrogens with one attached hydrogen (secondary N) is 3. The zero-order chi connectivity index (χ0) is 27.0. The van der Waals surface area contributed by atoms with E-state index in [1.54, 1.807) is 36.4 Å². The molecule has 3 rings (SSSR count). The van der Waals surface area contributed by atoms with E-state index in [-0.39, 0.29) is 34.0 Å². The number of carbonyl (C=O) groups is 3. The minimum atomic E-state index is -4.07. The van der Waals surface area contributed by atoms with Crippen LogP contribution in [0, 0.1) is 5.92 Å². The highest BCUT2D eigenvalue weighted by Gasteiger charge is 2.23. The van der Waals surface area contributed by atoms with Crippen molar-refractivity contribution in [2.45, 2.75) is 62.1 Å². The van der Waals surface area contributed by atoms with Gasteiger partial charge in [-0.05, 0) is 36.5 Å². The molecule has 1 saturated carbocycles. The molecule has 1 atom stereocenters. The van der Waals surface area contributed by atoms with Gasteiger partial charge in [-0.3, -0.25) is 14.4 Å². The maximum atomic E-state index is 12.6. The molecule has 3 N–H and O–H groups in total. The van der Waals surface area contributed by atoms with E-state index >= 15 is 0 Å². The molecule has 1 aliphatic rings. The van der Waals surface area contributed by atoms with Crippen molar-refractivity contribution >= 4 is 52.0 Å². The molecule has 0 spiro atoms. The average Bonchev–Trinajstić information content (AvgIpc) is 2.86. The van der Waals surface area contributed by atoms with Crippen molar-refractivity contribution in [1.82, 2.24) is 15.4 Å². The quantitative estimate of drug-likeness (QED) is 0.258. The second-order valence-corrected chi connectivity index (χ2v) is 11.9. The van der Waals surface area contributed by atoms with Gasteiger partial charge >= 0.3 is 0 Å². The van der Waals surface area contributed by atoms with Crippen molar-refractivity contribution in [1.29, 1.82) is 0 Å². The molecule has 0 aliphatic heterocycles. The third-order valence-electron chi connectivity index (χ3n) is 6.29. The minimum Gasteiger partial charge on any atom is -0.355 e. The number of sulfonamides is 1. The summed E-state index contributed by atoms with van der Waals surface area (Å²) in [4.78, 5) is 35.7. The van der Waals surface area contributed by atoms with Gasteiger partial charge < -0.3 is 10.6 Å². The summed E-state index contributed by atoms with van der Waals surface area (Å²) < 4.78 is 27.1. The normalized spacial score (nSPS) is 15.0. The fraction of sp³-hybridized carbons (Fsp3) is 0.423. The molecular weight excluding hydrogens is 534 g/mol. The summed E-state index contributed by atoms with van der Waals surface area (Å²) in [6.07, 6.45) is 5.62. The maximum Gasteiger partial charge on any atom is 0.264 e. The molecule has 11 heteroatoms. The van der Waals surface area contributed by atoms with E-state index in [1.165, 1.54) is 25.3 Å². The summed E-state index contributed by atoms with van der Waals surface area (Å²) in [7, 11) is -4.07. The van der Waals surface area contributed by atoms with Gasteiger partial charge in [-0.1, -0.05) is 61.2 Å². The standard InChI is InChI=1S/C26H32ClN3O5S2/c1-17(31)30-37(34,35)24-10-6-5-9-21(24)20-12-11-18(13-22(20)27)15-28-25(32)14-26(33)29-16-23(36)19-7-3-2-4-8-19/h5-6,9-13,19,23,36H,2-4,7-8,14-16H2,1H3,(H,28,32)(H,29,33)(H,30,31)/t23-/m0/s1. The number of halogens is 1. The lowest BCUT2D eigenvalue weighted by atomic mass is 9.86. The monoisotopic (exact) mass is 565 g/mol. The van der Waals surface area contributed by atoms with E-state index in [0.29, 0.717) is 29.2 Å². The molecule has 3 amide bonds. The van der Waals surface area contributed by atoms with Crippen LogP contribution in [0.1, 0.15) is 51.0 Å². The highest BCUT2D eigenvalue weighted by Crippen LogP contribution is 2.33. The van der Waals surface area contributed by atoms with Crippen LogP contribution < -0.4 is 15.4 Å². The molecule has 37 heavy (non-hydrogen) atoms. The van der Waals surface area contributed by atoms with Crippen LogP contribution in [-0.2, 0) is 31.0 Å². The molecule has 0 radical (unpaired) electrons. The van der Waals surface area contributed by atoms with Crippen molar-refractivity contribution in [3.05, 3.63) is 53.1 Å². The fourth-order valence-corrected chi connectivity index (χ4v) is 6.34. The van der Waals surface area contributed by atoms with Gasteiger partial charge in [0.25, 0.3) is 10.0 Å². The zero-order valence-electron chi connectivity index (χ0n) is 20.6. The lowest BCUT2D eigenvalue weighted by molar-refractivity contribution is -0.129. The predicted molar refractivity (Wildman–Crippen MR) is 147 cm³/mol. The number of rotatable bonds is 10. The van der Waals surface area contributed by atoms with Gasteiger partial charge in [0.05, 0.1) is 4.90 Å². The first-order valence-electron chi connectivity index (χ1n) is 12.2.